The van der Waals surface area contributed by atoms with Crippen LogP contribution in [-0.2, 0) is 19.6 Å². The second-order valence-electron chi connectivity index (χ2n) is 33.6. The first-order valence-corrected chi connectivity index (χ1v) is 44.6. The van der Waals surface area contributed by atoms with E-state index in [2.05, 4.69) is 292 Å². The molecule has 6 aromatic carbocycles. The third-order valence-electron chi connectivity index (χ3n) is 23.7. The molecule has 8 N–H and O–H groups in total. The largest absolute Gasteiger partial charge is 0.364 e. The predicted octanol–water partition coefficient (Wildman–Crippen LogP) is 21.9. The van der Waals surface area contributed by atoms with E-state index in [1.165, 1.54) is 153 Å². The number of hydrogen-bond acceptors (Lipinski definition) is 18. The molecule has 0 unspecified atom stereocenters. The summed E-state index contributed by atoms with van der Waals surface area (Å²) in [6.07, 6.45) is 29.8. The van der Waals surface area contributed by atoms with Crippen molar-refractivity contribution in [3.8, 4) is 33.4 Å². The number of unbranched alkanes of at least 4 members (excludes halogenated alkanes) is 4. The van der Waals surface area contributed by atoms with Gasteiger partial charge in [-0.2, -0.15) is 29.9 Å². The van der Waals surface area contributed by atoms with Gasteiger partial charge in [-0.25, -0.2) is 15.0 Å². The van der Waals surface area contributed by atoms with Crippen LogP contribution in [0.4, 0.5) is 35.3 Å². The molecule has 0 atom stereocenters. The van der Waals surface area contributed by atoms with Crippen LogP contribution in [-0.4, -0.2) is 126 Å². The van der Waals surface area contributed by atoms with Gasteiger partial charge in [-0.05, 0) is 221 Å². The summed E-state index contributed by atoms with van der Waals surface area (Å²) < 4.78 is 6.38. The van der Waals surface area contributed by atoms with Crippen LogP contribution in [0.2, 0.25) is 0 Å². The number of aromatic nitrogens is 12. The molecular weight excluding hydrogens is 1690 g/mol. The van der Waals surface area contributed by atoms with E-state index in [0.717, 1.165) is 103 Å². The fourth-order valence-electron chi connectivity index (χ4n) is 16.5. The number of fused-ring (bicyclic) bond motifs is 3. The van der Waals surface area contributed by atoms with Crippen molar-refractivity contribution >= 4 is 68.8 Å². The molecule has 3 fully saturated rings. The number of anilines is 6. The number of nitrogens with zero attached hydrogens (tertiary/aromatic N) is 13. The molecule has 6 aromatic heterocycles. The molecule has 3 aliphatic rings. The predicted molar refractivity (Wildman–Crippen MR) is 491 cm³/mol. The number of rotatable bonds is 36. The van der Waals surface area contributed by atoms with Crippen molar-refractivity contribution in [2.24, 2.45) is 0 Å². The van der Waals surface area contributed by atoms with Gasteiger partial charge in [0.2, 0.25) is 17.8 Å². The van der Waals surface area contributed by atoms with Gasteiger partial charge in [-0.3, -0.25) is 0 Å². The summed E-state index contributed by atoms with van der Waals surface area (Å²) in [7, 11) is 0. The van der Waals surface area contributed by atoms with Gasteiger partial charge in [-0.15, -0.1) is 0 Å². The Labute approximate surface area is 743 Å². The number of hydrogen-bond donors (Lipinski definition) is 8. The minimum atomic E-state index is 0. The van der Waals surface area contributed by atoms with Crippen molar-refractivity contribution in [2.75, 3.05) is 58.1 Å². The van der Waals surface area contributed by atoms with E-state index in [4.69, 9.17) is 34.9 Å². The zero-order valence-electron chi connectivity index (χ0n) is 72.5. The Morgan fingerprint density at radius 1 is 0.328 bits per heavy atom. The molecule has 119 heavy (non-hydrogen) atoms. The summed E-state index contributed by atoms with van der Waals surface area (Å²) >= 11 is 0. The second kappa shape index (κ2) is 45.7. The average molecular weight is 1820 g/mol. The van der Waals surface area contributed by atoms with Crippen LogP contribution < -0.4 is 42.5 Å². The first kappa shape index (κ1) is 89.4. The smallest absolute Gasteiger partial charge is 0.227 e. The van der Waals surface area contributed by atoms with Crippen LogP contribution in [0, 0.1) is 44.1 Å². The van der Waals surface area contributed by atoms with E-state index < -0.39 is 0 Å². The van der Waals surface area contributed by atoms with Crippen LogP contribution in [0.15, 0.2) is 183 Å². The molecule has 21 nitrogen and oxygen atoms in total. The zero-order chi connectivity index (χ0) is 82.0. The summed E-state index contributed by atoms with van der Waals surface area (Å²) in [6.45, 7) is 28.8. The van der Waals surface area contributed by atoms with Gasteiger partial charge in [0.15, 0.2) is 50.9 Å². The number of benzene rings is 6. The molecule has 12 aromatic rings. The molecule has 3 saturated carbocycles. The maximum Gasteiger partial charge on any atom is 0.227 e. The van der Waals surface area contributed by atoms with Gasteiger partial charge >= 0.3 is 0 Å². The van der Waals surface area contributed by atoms with Crippen LogP contribution >= 0.6 is 0 Å². The summed E-state index contributed by atoms with van der Waals surface area (Å²) in [5.74, 6) is 4.41. The maximum atomic E-state index is 4.97. The van der Waals surface area contributed by atoms with Crippen molar-refractivity contribution in [1.29, 1.82) is 0 Å². The molecule has 22 heteroatoms. The summed E-state index contributed by atoms with van der Waals surface area (Å²) in [5, 5.41) is 29.1. The van der Waals surface area contributed by atoms with E-state index in [9.17, 15) is 0 Å². The van der Waals surface area contributed by atoms with Crippen LogP contribution in [0.3, 0.4) is 0 Å². The van der Waals surface area contributed by atoms with E-state index in [1.807, 2.05) is 31.1 Å². The van der Waals surface area contributed by atoms with E-state index >= 15 is 0 Å². The van der Waals surface area contributed by atoms with E-state index in [1.54, 1.807) is 0 Å². The Balaban J connectivity index is 0.000000163. The first-order chi connectivity index (χ1) is 57.8. The molecule has 0 spiro atoms. The van der Waals surface area contributed by atoms with E-state index in [0.29, 0.717) is 73.7 Å². The monoisotopic (exact) mass is 1820 g/mol. The molecule has 6 heterocycles. The Kier molecular flexibility index (Phi) is 34.3. The van der Waals surface area contributed by atoms with Gasteiger partial charge < -0.3 is 61.1 Å². The topological polar surface area (TPSA) is 230 Å². The fraction of sp³-hybridized carbons (Fsp3) is 0.474. The van der Waals surface area contributed by atoms with Crippen molar-refractivity contribution in [3.63, 3.8) is 0 Å². The quantitative estimate of drug-likeness (QED) is 0.0171. The Hall–Kier alpha value is -8.91. The standard InChI is InChI=1S/C35H49N7.2C31H41N7.Ac/c1-5-7-22-41(23-8-6-2)31-20-18-30(19-21-31)38-35-39-33(32-34(40-35)42(25-37-32)26(3)4)36-24-27-14-16-29(17-15-27)28-12-10-9-11-13-28;2*1-4-5-19-32-26-15-17-27(18-16-26)35-31-36-29(28-30(37-31)38(21-34-28)22(2)3)33-20-23-11-13-25(14-12-23)24-9-7-6-8-10-24;/h9-17,25-26,30-31H,5-8,18-24H2,1-4H3,(H2,36,38,39,40);2*6-14,21-22,26-27,32H,4-5,15-20H2,1-3H3,(H2,33,35,36,37);. The second-order valence-corrected chi connectivity index (χ2v) is 33.6. The average Bonchev–Trinajstić information content (AvgIpc) is 1.67. The van der Waals surface area contributed by atoms with E-state index in [-0.39, 0.29) is 62.2 Å². The molecule has 627 valence electrons. The van der Waals surface area contributed by atoms with Crippen molar-refractivity contribution in [3.05, 3.63) is 199 Å². The molecule has 0 saturated heterocycles. The van der Waals surface area contributed by atoms with Gasteiger partial charge in [0, 0.05) is 118 Å². The number of imidazole rings is 3. The normalized spacial score (nSPS) is 17.4. The minimum Gasteiger partial charge on any atom is -0.364 e. The Morgan fingerprint density at radius 2 is 0.597 bits per heavy atom. The minimum absolute atomic E-state index is 0. The van der Waals surface area contributed by atoms with Crippen LogP contribution in [0.5, 0.6) is 0 Å². The zero-order valence-corrected chi connectivity index (χ0v) is 77.2. The summed E-state index contributed by atoms with van der Waals surface area (Å²) in [4.78, 5) is 46.4. The van der Waals surface area contributed by atoms with Gasteiger partial charge in [-0.1, -0.05) is 217 Å². The van der Waals surface area contributed by atoms with Crippen molar-refractivity contribution in [2.45, 2.75) is 272 Å². The maximum absolute atomic E-state index is 4.97. The van der Waals surface area contributed by atoms with Crippen molar-refractivity contribution < 1.29 is 44.1 Å². The molecule has 0 amide bonds. The molecule has 1 radical (unpaired) electrons. The number of nitrogens with one attached hydrogen (secondary N) is 8. The molecule has 0 bridgehead atoms. The van der Waals surface area contributed by atoms with Gasteiger partial charge in [0.25, 0.3) is 0 Å². The third-order valence-corrected chi connectivity index (χ3v) is 23.7. The van der Waals surface area contributed by atoms with Gasteiger partial charge in [0.05, 0.1) is 19.0 Å². The molecular formula is C97H131AcN21. The van der Waals surface area contributed by atoms with Crippen LogP contribution in [0.25, 0.3) is 66.9 Å². The Bertz CT molecular complexity index is 4740. The first-order valence-electron chi connectivity index (χ1n) is 44.6. The molecule has 15 rings (SSSR count). The summed E-state index contributed by atoms with van der Waals surface area (Å²) in [6, 6.07) is 61.5. The van der Waals surface area contributed by atoms with Gasteiger partial charge in [0.1, 0.15) is 0 Å². The van der Waals surface area contributed by atoms with Crippen molar-refractivity contribution in [1.82, 2.24) is 74.1 Å². The molecule has 0 aliphatic heterocycles. The summed E-state index contributed by atoms with van der Waals surface area (Å²) in [5.41, 5.74) is 16.0. The molecule has 3 aliphatic carbocycles. The third kappa shape index (κ3) is 25.1. The fourth-order valence-corrected chi connectivity index (χ4v) is 16.5. The SMILES string of the molecule is CCCCN(CCCC)C1CCC(Nc2nc(NCc3ccc(-c4ccccc4)cc3)c3ncn(C(C)C)c3n2)CC1.CCCCNC1CCC(Nc2nc(NCc3ccc(-c4ccccc4)cc3)c3ncn(C(C)C)c3n2)CC1.CCCCNC1CCC(Nc2nc(NCc3ccc(-c4ccccc4)cc3)c3ncn(C(C)C)c3n2)CC1.[Ac]. The Morgan fingerprint density at radius 3 is 0.874 bits per heavy atom. The van der Waals surface area contributed by atoms with Crippen LogP contribution in [0.1, 0.15) is 232 Å².